The molecule has 1 rings (SSSR count). The molecule has 0 saturated heterocycles. The van der Waals surface area contributed by atoms with E-state index in [9.17, 15) is 9.59 Å². The second kappa shape index (κ2) is 5.72. The Kier molecular flexibility index (Phi) is 4.32. The molecule has 0 fully saturated rings. The highest BCUT2D eigenvalue weighted by atomic mass is 16.5. The zero-order valence-corrected chi connectivity index (χ0v) is 10.0. The molecular weight excluding hydrogens is 238 g/mol. The van der Waals surface area contributed by atoms with Crippen molar-refractivity contribution in [1.82, 2.24) is 15.1 Å². The summed E-state index contributed by atoms with van der Waals surface area (Å²) in [6.07, 6.45) is 4.93. The van der Waals surface area contributed by atoms with Crippen LogP contribution in [0.2, 0.25) is 0 Å². The minimum atomic E-state index is -1.19. The lowest BCUT2D eigenvalue weighted by Crippen LogP contribution is -2.40. The van der Waals surface area contributed by atoms with Crippen molar-refractivity contribution in [2.24, 2.45) is 7.05 Å². The minimum absolute atomic E-state index is 0.0672. The van der Waals surface area contributed by atoms with Gasteiger partial charge in [0.15, 0.2) is 5.69 Å². The molecule has 18 heavy (non-hydrogen) atoms. The number of nitrogens with one attached hydrogen (secondary N) is 1. The summed E-state index contributed by atoms with van der Waals surface area (Å²) in [6.45, 7) is 0. The molecule has 0 aromatic carbocycles. The summed E-state index contributed by atoms with van der Waals surface area (Å²) in [5.41, 5.74) is 0.0672. The normalized spacial score (nSPS) is 11.4. The van der Waals surface area contributed by atoms with Gasteiger partial charge in [0, 0.05) is 19.5 Å². The number of aromatic nitrogens is 2. The number of nitrogens with zero attached hydrogens (tertiary/aromatic N) is 2. The third kappa shape index (κ3) is 3.01. The molecule has 1 unspecified atom stereocenters. The molecule has 7 nitrogen and oxygen atoms in total. The first-order chi connectivity index (χ1) is 8.49. The number of methoxy groups -OCH3 is 1. The third-order valence-corrected chi connectivity index (χ3v) is 2.20. The third-order valence-electron chi connectivity index (χ3n) is 2.20. The predicted octanol–water partition coefficient (Wildman–Crippen LogP) is -0.365. The van der Waals surface area contributed by atoms with Crippen LogP contribution in [0.3, 0.4) is 0 Å². The quantitative estimate of drug-likeness (QED) is 0.697. The fourth-order valence-electron chi connectivity index (χ4n) is 1.30. The van der Waals surface area contributed by atoms with Crippen LogP contribution in [0.25, 0.3) is 0 Å². The average molecular weight is 251 g/mol. The summed E-state index contributed by atoms with van der Waals surface area (Å²) in [6, 6.07) is 0.278. The van der Waals surface area contributed by atoms with Crippen LogP contribution in [-0.4, -0.2) is 39.9 Å². The summed E-state index contributed by atoms with van der Waals surface area (Å²) in [5, 5.41) is 15.0. The number of aliphatic carboxylic acids is 1. The first-order valence-electron chi connectivity index (χ1n) is 5.04. The van der Waals surface area contributed by atoms with Crippen molar-refractivity contribution in [3.63, 3.8) is 0 Å². The number of carbonyl (C=O) groups is 2. The Labute approximate surface area is 104 Å². The molecule has 0 bridgehead atoms. The van der Waals surface area contributed by atoms with Gasteiger partial charge in [-0.15, -0.1) is 12.3 Å². The first-order valence-corrected chi connectivity index (χ1v) is 5.04. The van der Waals surface area contributed by atoms with Gasteiger partial charge < -0.3 is 15.2 Å². The lowest BCUT2D eigenvalue weighted by molar-refractivity contribution is -0.139. The smallest absolute Gasteiger partial charge is 0.327 e. The van der Waals surface area contributed by atoms with Gasteiger partial charge in [-0.25, -0.2) is 9.48 Å². The highest BCUT2D eigenvalue weighted by Gasteiger charge is 2.21. The van der Waals surface area contributed by atoms with Crippen LogP contribution in [0.5, 0.6) is 5.88 Å². The predicted molar refractivity (Wildman–Crippen MR) is 62.1 cm³/mol. The standard InChI is InChI=1S/C11H13N3O4/c1-4-5-7(11(16)17)12-10(15)8-6-9(18-3)14(2)13-8/h1,6-7H,5H2,2-3H3,(H,12,15)(H,16,17). The summed E-state index contributed by atoms with van der Waals surface area (Å²) >= 11 is 0. The fraction of sp³-hybridized carbons (Fsp3) is 0.364. The van der Waals surface area contributed by atoms with Crippen LogP contribution in [0.1, 0.15) is 16.9 Å². The zero-order valence-electron chi connectivity index (χ0n) is 10.0. The second-order valence-electron chi connectivity index (χ2n) is 3.47. The SMILES string of the molecule is C#CCC(NC(=O)c1cc(OC)n(C)n1)C(=O)O. The highest BCUT2D eigenvalue weighted by molar-refractivity contribution is 5.95. The number of carbonyl (C=O) groups excluding carboxylic acids is 1. The first kappa shape index (κ1) is 13.6. The number of terminal acetylenes is 1. The van der Waals surface area contributed by atoms with Crippen LogP contribution in [0, 0.1) is 12.3 Å². The molecule has 0 radical (unpaired) electrons. The molecule has 1 heterocycles. The molecular formula is C11H13N3O4. The zero-order chi connectivity index (χ0) is 13.7. The lowest BCUT2D eigenvalue weighted by Gasteiger charge is -2.09. The number of hydrogen-bond donors (Lipinski definition) is 2. The number of rotatable bonds is 5. The average Bonchev–Trinajstić information content (AvgIpc) is 2.69. The van der Waals surface area contributed by atoms with E-state index in [-0.39, 0.29) is 12.1 Å². The number of hydrogen-bond acceptors (Lipinski definition) is 4. The van der Waals surface area contributed by atoms with Crippen LogP contribution in [-0.2, 0) is 11.8 Å². The van der Waals surface area contributed by atoms with Gasteiger partial charge in [-0.1, -0.05) is 0 Å². The van der Waals surface area contributed by atoms with Gasteiger partial charge in [-0.2, -0.15) is 5.10 Å². The topological polar surface area (TPSA) is 93.5 Å². The molecule has 0 spiro atoms. The largest absolute Gasteiger partial charge is 0.481 e. The maximum absolute atomic E-state index is 11.7. The maximum Gasteiger partial charge on any atom is 0.327 e. The Balaban J connectivity index is 2.81. The molecule has 1 atom stereocenters. The number of ether oxygens (including phenoxy) is 1. The van der Waals surface area contributed by atoms with Crippen LogP contribution in [0.4, 0.5) is 0 Å². The van der Waals surface area contributed by atoms with Gasteiger partial charge in [0.25, 0.3) is 5.91 Å². The number of carboxylic acids is 1. The van der Waals surface area contributed by atoms with E-state index in [0.29, 0.717) is 5.88 Å². The Morgan fingerprint density at radius 2 is 2.39 bits per heavy atom. The van der Waals surface area contributed by atoms with Crippen molar-refractivity contribution in [1.29, 1.82) is 0 Å². The molecule has 0 saturated carbocycles. The summed E-state index contributed by atoms with van der Waals surface area (Å²) < 4.78 is 6.31. The van der Waals surface area contributed by atoms with E-state index >= 15 is 0 Å². The van der Waals surface area contributed by atoms with Crippen LogP contribution < -0.4 is 10.1 Å². The van der Waals surface area contributed by atoms with E-state index in [2.05, 4.69) is 16.3 Å². The van der Waals surface area contributed by atoms with Gasteiger partial charge in [-0.3, -0.25) is 4.79 Å². The van der Waals surface area contributed by atoms with Gasteiger partial charge in [0.1, 0.15) is 6.04 Å². The minimum Gasteiger partial charge on any atom is -0.481 e. The molecule has 2 N–H and O–H groups in total. The van der Waals surface area contributed by atoms with Gasteiger partial charge in [0.05, 0.1) is 7.11 Å². The number of carboxylic acid groups (broad SMARTS) is 1. The molecule has 1 aromatic heterocycles. The van der Waals surface area contributed by atoms with Gasteiger partial charge >= 0.3 is 5.97 Å². The van der Waals surface area contributed by atoms with E-state index in [0.717, 1.165) is 0 Å². The second-order valence-corrected chi connectivity index (χ2v) is 3.47. The van der Waals surface area contributed by atoms with Crippen molar-refractivity contribution < 1.29 is 19.4 Å². The van der Waals surface area contributed by atoms with E-state index in [1.165, 1.54) is 17.9 Å². The number of amides is 1. The highest BCUT2D eigenvalue weighted by Crippen LogP contribution is 2.11. The van der Waals surface area contributed by atoms with E-state index in [4.69, 9.17) is 16.3 Å². The Hall–Kier alpha value is -2.49. The molecule has 1 amide bonds. The van der Waals surface area contributed by atoms with E-state index in [1.54, 1.807) is 7.05 Å². The Morgan fingerprint density at radius 3 is 2.83 bits per heavy atom. The number of aryl methyl sites for hydroxylation is 1. The molecule has 0 aliphatic rings. The summed E-state index contributed by atoms with van der Waals surface area (Å²) in [5.74, 6) is 0.776. The van der Waals surface area contributed by atoms with Gasteiger partial charge in [-0.05, 0) is 0 Å². The van der Waals surface area contributed by atoms with E-state index in [1.807, 2.05) is 0 Å². The summed E-state index contributed by atoms with van der Waals surface area (Å²) in [7, 11) is 3.04. The van der Waals surface area contributed by atoms with Crippen molar-refractivity contribution in [3.8, 4) is 18.2 Å². The van der Waals surface area contributed by atoms with Gasteiger partial charge in [0.2, 0.25) is 5.88 Å². The maximum atomic E-state index is 11.7. The van der Waals surface area contributed by atoms with Crippen LogP contribution in [0.15, 0.2) is 6.07 Å². The van der Waals surface area contributed by atoms with Crippen molar-refractivity contribution in [2.45, 2.75) is 12.5 Å². The van der Waals surface area contributed by atoms with E-state index < -0.39 is 17.9 Å². The Bertz CT molecular complexity index is 501. The molecule has 7 heteroatoms. The van der Waals surface area contributed by atoms with Crippen molar-refractivity contribution in [3.05, 3.63) is 11.8 Å². The molecule has 96 valence electrons. The monoisotopic (exact) mass is 251 g/mol. The summed E-state index contributed by atoms with van der Waals surface area (Å²) in [4.78, 5) is 22.6. The lowest BCUT2D eigenvalue weighted by atomic mass is 10.2. The van der Waals surface area contributed by atoms with Crippen LogP contribution >= 0.6 is 0 Å². The molecule has 0 aliphatic heterocycles. The van der Waals surface area contributed by atoms with Crippen molar-refractivity contribution in [2.75, 3.05) is 7.11 Å². The Morgan fingerprint density at radius 1 is 1.72 bits per heavy atom. The molecule has 0 aliphatic carbocycles. The molecule has 1 aromatic rings. The van der Waals surface area contributed by atoms with Crippen molar-refractivity contribution >= 4 is 11.9 Å². The fourth-order valence-corrected chi connectivity index (χ4v) is 1.30.